The van der Waals surface area contributed by atoms with E-state index < -0.39 is 8.07 Å². The Kier molecular flexibility index (Phi) is 5.19. The highest BCUT2D eigenvalue weighted by Gasteiger charge is 2.44. The van der Waals surface area contributed by atoms with E-state index in [1.165, 1.54) is 32.3 Å². The van der Waals surface area contributed by atoms with Gasteiger partial charge in [0.25, 0.3) is 0 Å². The molecule has 0 N–H and O–H groups in total. The monoisotopic (exact) mass is 380 g/mol. The van der Waals surface area contributed by atoms with Crippen molar-refractivity contribution in [1.29, 1.82) is 0 Å². The third kappa shape index (κ3) is 3.10. The van der Waals surface area contributed by atoms with Gasteiger partial charge in [-0.3, -0.25) is 0 Å². The summed E-state index contributed by atoms with van der Waals surface area (Å²) in [7, 11) is -2.32. The molecule has 3 aromatic carbocycles. The summed E-state index contributed by atoms with van der Waals surface area (Å²) in [5.74, 6) is 0. The van der Waals surface area contributed by atoms with Gasteiger partial charge in [0, 0.05) is 0 Å². The van der Waals surface area contributed by atoms with Gasteiger partial charge in [-0.15, -0.1) is 0 Å². The summed E-state index contributed by atoms with van der Waals surface area (Å²) < 4.78 is 0. The Balaban J connectivity index is 2.15. The summed E-state index contributed by atoms with van der Waals surface area (Å²) in [6.07, 6.45) is 6.88. The second kappa shape index (κ2) is 7.77. The Bertz CT molecular complexity index is 967. The minimum atomic E-state index is -2.32. The van der Waals surface area contributed by atoms with Crippen LogP contribution in [0.4, 0.5) is 0 Å². The van der Waals surface area contributed by atoms with Crippen LogP contribution in [-0.4, -0.2) is 8.07 Å². The van der Waals surface area contributed by atoms with Crippen LogP contribution < -0.4 is 15.6 Å². The highest BCUT2D eigenvalue weighted by molar-refractivity contribution is 7.16. The smallest absolute Gasteiger partial charge is 0.0805 e. The number of rotatable bonds is 5. The van der Waals surface area contributed by atoms with Crippen LogP contribution in [0.15, 0.2) is 102 Å². The minimum Gasteiger partial charge on any atom is -0.0805 e. The average molecular weight is 381 g/mol. The second-order valence-corrected chi connectivity index (χ2v) is 11.7. The van der Waals surface area contributed by atoms with E-state index >= 15 is 0 Å². The van der Waals surface area contributed by atoms with E-state index in [1.807, 2.05) is 0 Å². The average Bonchev–Trinajstić information content (AvgIpc) is 3.19. The van der Waals surface area contributed by atoms with E-state index in [4.69, 9.17) is 0 Å². The molecule has 0 nitrogen and oxygen atoms in total. The zero-order chi connectivity index (χ0) is 19.6. The first-order valence-electron chi connectivity index (χ1n) is 10.2. The molecule has 3 aromatic rings. The van der Waals surface area contributed by atoms with Crippen molar-refractivity contribution in [3.63, 3.8) is 0 Å². The normalized spacial score (nSPS) is 14.0. The van der Waals surface area contributed by atoms with Crippen molar-refractivity contribution in [2.45, 2.75) is 33.6 Å². The van der Waals surface area contributed by atoms with Crippen LogP contribution in [0.5, 0.6) is 0 Å². The Morgan fingerprint density at radius 3 is 1.75 bits per heavy atom. The topological polar surface area (TPSA) is 0 Å². The zero-order valence-corrected chi connectivity index (χ0v) is 18.1. The number of allylic oxidation sites excluding steroid dienone is 4. The molecule has 28 heavy (non-hydrogen) atoms. The highest BCUT2D eigenvalue weighted by Crippen LogP contribution is 2.30. The maximum atomic E-state index is 2.44. The third-order valence-electron chi connectivity index (χ3n) is 5.93. The van der Waals surface area contributed by atoms with E-state index in [9.17, 15) is 0 Å². The molecule has 0 saturated heterocycles. The largest absolute Gasteiger partial charge is 0.176 e. The van der Waals surface area contributed by atoms with Crippen LogP contribution in [0.25, 0.3) is 0 Å². The van der Waals surface area contributed by atoms with Crippen molar-refractivity contribution in [2.24, 2.45) is 0 Å². The molecule has 0 unspecified atom stereocenters. The third-order valence-corrected chi connectivity index (χ3v) is 10.9. The molecule has 1 aliphatic carbocycles. The summed E-state index contributed by atoms with van der Waals surface area (Å²) in [4.78, 5) is 0. The quantitative estimate of drug-likeness (QED) is 0.433. The molecule has 0 saturated carbocycles. The van der Waals surface area contributed by atoms with E-state index in [1.54, 1.807) is 5.20 Å². The van der Waals surface area contributed by atoms with E-state index in [2.05, 4.69) is 112 Å². The Labute approximate surface area is 170 Å². The van der Waals surface area contributed by atoms with Gasteiger partial charge in [-0.05, 0) is 42.2 Å². The summed E-state index contributed by atoms with van der Waals surface area (Å²) in [5.41, 5.74) is 4.23. The fourth-order valence-corrected chi connectivity index (χ4v) is 10.4. The van der Waals surface area contributed by atoms with Gasteiger partial charge in [-0.25, -0.2) is 0 Å². The fraction of sp³-hybridized carbons (Fsp3) is 0.185. The Morgan fingerprint density at radius 2 is 1.25 bits per heavy atom. The van der Waals surface area contributed by atoms with Gasteiger partial charge >= 0.3 is 0 Å². The van der Waals surface area contributed by atoms with Crippen molar-refractivity contribution in [1.82, 2.24) is 0 Å². The lowest BCUT2D eigenvalue weighted by Crippen LogP contribution is -2.68. The molecule has 0 heterocycles. The number of hydrogen-bond donors (Lipinski definition) is 0. The summed E-state index contributed by atoms with van der Waals surface area (Å²) >= 11 is 0. The number of aryl methyl sites for hydroxylation is 2. The van der Waals surface area contributed by atoms with E-state index in [0.717, 1.165) is 12.8 Å². The SMILES string of the molecule is CCC1=C([Si](c2ccccc2)(c2ccccc2)c2cc(C)cc(C)c2)CC=C1. The Hall–Kier alpha value is -2.64. The van der Waals surface area contributed by atoms with Crippen molar-refractivity contribution in [2.75, 3.05) is 0 Å². The van der Waals surface area contributed by atoms with E-state index in [0.29, 0.717) is 0 Å². The van der Waals surface area contributed by atoms with Crippen LogP contribution in [0, 0.1) is 13.8 Å². The Morgan fingerprint density at radius 1 is 0.714 bits per heavy atom. The molecule has 140 valence electrons. The van der Waals surface area contributed by atoms with Crippen molar-refractivity contribution in [3.8, 4) is 0 Å². The predicted octanol–water partition coefficient (Wildman–Crippen LogP) is 4.98. The van der Waals surface area contributed by atoms with Gasteiger partial charge in [-0.2, -0.15) is 0 Å². The van der Waals surface area contributed by atoms with Gasteiger partial charge in [0.05, 0.1) is 0 Å². The molecule has 0 bridgehead atoms. The lowest BCUT2D eigenvalue weighted by molar-refractivity contribution is 1.14. The van der Waals surface area contributed by atoms with Crippen molar-refractivity contribution in [3.05, 3.63) is 113 Å². The van der Waals surface area contributed by atoms with Crippen LogP contribution in [0.3, 0.4) is 0 Å². The maximum Gasteiger partial charge on any atom is 0.176 e. The molecular formula is C27H28Si. The number of hydrogen-bond acceptors (Lipinski definition) is 0. The highest BCUT2D eigenvalue weighted by atomic mass is 28.3. The van der Waals surface area contributed by atoms with Crippen molar-refractivity contribution < 1.29 is 0 Å². The molecule has 0 amide bonds. The summed E-state index contributed by atoms with van der Waals surface area (Å²) in [5, 5.41) is 6.12. The first kappa shape index (κ1) is 18.7. The molecule has 0 spiro atoms. The second-order valence-electron chi connectivity index (χ2n) is 7.82. The lowest BCUT2D eigenvalue weighted by atomic mass is 10.2. The van der Waals surface area contributed by atoms with E-state index in [-0.39, 0.29) is 0 Å². The lowest BCUT2D eigenvalue weighted by Gasteiger charge is -2.37. The first-order valence-corrected chi connectivity index (χ1v) is 12.2. The van der Waals surface area contributed by atoms with Crippen LogP contribution in [-0.2, 0) is 0 Å². The summed E-state index contributed by atoms with van der Waals surface area (Å²) in [6, 6.07) is 29.7. The molecule has 0 aromatic heterocycles. The van der Waals surface area contributed by atoms with Gasteiger partial charge < -0.3 is 0 Å². The number of benzene rings is 3. The molecule has 1 heteroatoms. The first-order chi connectivity index (χ1) is 13.7. The predicted molar refractivity (Wildman–Crippen MR) is 125 cm³/mol. The minimum absolute atomic E-state index is 1.06. The molecule has 1 aliphatic rings. The standard InChI is InChI=1S/C27H28Si/c1-4-23-12-11-17-27(23)28(24-13-7-5-8-14-24,25-15-9-6-10-16-25)26-19-21(2)18-22(3)20-26/h5-16,18-20H,4,17H2,1-3H3. The molecule has 0 radical (unpaired) electrons. The van der Waals surface area contributed by atoms with Gasteiger partial charge in [0.15, 0.2) is 8.07 Å². The van der Waals surface area contributed by atoms with Crippen molar-refractivity contribution >= 4 is 23.6 Å². The molecule has 4 rings (SSSR count). The van der Waals surface area contributed by atoms with Gasteiger partial charge in [-0.1, -0.05) is 120 Å². The van der Waals surface area contributed by atoms with Gasteiger partial charge in [0.2, 0.25) is 0 Å². The van der Waals surface area contributed by atoms with Crippen LogP contribution in [0.2, 0.25) is 0 Å². The molecule has 0 atom stereocenters. The van der Waals surface area contributed by atoms with Crippen LogP contribution >= 0.6 is 0 Å². The molecular weight excluding hydrogens is 352 g/mol. The maximum absolute atomic E-state index is 2.44. The fourth-order valence-electron chi connectivity index (χ4n) is 4.87. The van der Waals surface area contributed by atoms with Gasteiger partial charge in [0.1, 0.15) is 0 Å². The molecule has 0 aliphatic heterocycles. The molecule has 0 fully saturated rings. The summed E-state index contributed by atoms with van der Waals surface area (Å²) in [6.45, 7) is 6.75. The van der Waals surface area contributed by atoms with Crippen LogP contribution in [0.1, 0.15) is 30.9 Å². The zero-order valence-electron chi connectivity index (χ0n) is 17.1.